The summed E-state index contributed by atoms with van der Waals surface area (Å²) in [6.07, 6.45) is 0. The first-order valence-electron chi connectivity index (χ1n) is 0. The summed E-state index contributed by atoms with van der Waals surface area (Å²) in [7, 11) is 0. The van der Waals surface area contributed by atoms with Gasteiger partial charge in [0.1, 0.15) is 0 Å². The summed E-state index contributed by atoms with van der Waals surface area (Å²) in [6, 6.07) is 0. The van der Waals surface area contributed by atoms with Crippen molar-refractivity contribution in [2.24, 2.45) is 0 Å². The molecule has 70 valence electrons. The first-order chi connectivity index (χ1) is 0. The topological polar surface area (TPSA) is 0 Å². The van der Waals surface area contributed by atoms with Crippen LogP contribution in [-0.2, 0) is 132 Å². The molecule has 0 fully saturated rings. The summed E-state index contributed by atoms with van der Waals surface area (Å²) in [4.78, 5) is 0. The molecule has 0 nitrogen and oxygen atoms in total. The van der Waals surface area contributed by atoms with E-state index in [0.717, 1.165) is 0 Å². The van der Waals surface area contributed by atoms with Gasteiger partial charge in [0.25, 0.3) is 0 Å². The van der Waals surface area contributed by atoms with E-state index in [1.54, 1.807) is 0 Å². The number of hydrogen-bond acceptors (Lipinski definition) is 0. The van der Waals surface area contributed by atoms with E-state index < -0.39 is 0 Å². The first kappa shape index (κ1) is 109. The van der Waals surface area contributed by atoms with E-state index in [4.69, 9.17) is 0 Å². The van der Waals surface area contributed by atoms with Gasteiger partial charge in [0.15, 0.2) is 0 Å². The van der Waals surface area contributed by atoms with Crippen LogP contribution in [0.3, 0.4) is 0 Å². The Kier molecular flexibility index (Phi) is 798. The Hall–Kier alpha value is 10.3. The average molecular weight is 1080 g/mol. The fourth-order valence-corrected chi connectivity index (χ4v) is 0. The Morgan fingerprint density at radius 1 is 1.08 bits per heavy atom. The van der Waals surface area contributed by atoms with E-state index in [1.807, 2.05) is 0 Å². The van der Waals surface area contributed by atoms with Crippen molar-refractivity contribution in [1.29, 1.82) is 0 Å². The Balaban J connectivity index is 0. The molecule has 0 amide bonds. The van der Waals surface area contributed by atoms with Crippen LogP contribution in [0, 0.1) is 0 Å². The van der Waals surface area contributed by atoms with Crippen LogP contribution in [0.4, 0.5) is 0 Å². The van der Waals surface area contributed by atoms with Crippen LogP contribution in [0.5, 0.6) is 0 Å². The molecule has 0 saturated carbocycles. The summed E-state index contributed by atoms with van der Waals surface area (Å²) in [6.45, 7) is 0. The SMILES string of the molecule is [Ag].[Al].[As].[Ba+2].[Be+2].[Cd].[Co].[Fe].[H-].[H-].[H-].[H-].[H-].[H-].[H-].[Hg].[K+].[Mg+2].[Pd].[SbH]. The maximum absolute atomic E-state index is 0. The van der Waals surface area contributed by atoms with Gasteiger partial charge < -0.3 is 9.99 Å². The predicted molar refractivity (Wildman–Crippen MR) is 43.7 cm³/mol. The van der Waals surface area contributed by atoms with Crippen molar-refractivity contribution in [3.63, 3.8) is 0 Å². The van der Waals surface area contributed by atoms with E-state index in [9.17, 15) is 0 Å². The second-order valence-electron chi connectivity index (χ2n) is 0. The van der Waals surface area contributed by atoms with Crippen molar-refractivity contribution in [2.45, 2.75) is 0 Å². The van der Waals surface area contributed by atoms with Gasteiger partial charge in [-0.3, -0.25) is 0 Å². The van der Waals surface area contributed by atoms with Crippen molar-refractivity contribution < 1.29 is 193 Å². The molecule has 0 aromatic heterocycles. The Morgan fingerprint density at radius 2 is 1.08 bits per heavy atom. The number of hydrogen-bond donors (Lipinski definition) is 0. The maximum atomic E-state index is 0. The normalized spacial score (nSPS) is 0. The second-order valence-corrected chi connectivity index (χ2v) is 0. The third-order valence-electron chi connectivity index (χ3n) is 0. The van der Waals surface area contributed by atoms with Crippen molar-refractivity contribution in [1.82, 2.24) is 0 Å². The van der Waals surface area contributed by atoms with Crippen LogP contribution in [-0.4, -0.2) is 142 Å². The van der Waals surface area contributed by atoms with Gasteiger partial charge in [0.2, 0.25) is 0 Å². The molecule has 0 aromatic rings. The monoisotopic (exact) mass is 1080 g/mol. The summed E-state index contributed by atoms with van der Waals surface area (Å²) in [5.74, 6) is 0. The van der Waals surface area contributed by atoms with Gasteiger partial charge >= 0.3 is 158 Å². The summed E-state index contributed by atoms with van der Waals surface area (Å²) in [5.41, 5.74) is 0. The molecule has 0 saturated heterocycles. The van der Waals surface area contributed by atoms with Gasteiger partial charge in [-0.1, -0.05) is 0 Å². The zero-order valence-corrected chi connectivity index (χ0v) is 36.9. The van der Waals surface area contributed by atoms with Crippen LogP contribution in [0.25, 0.3) is 0 Å². The summed E-state index contributed by atoms with van der Waals surface area (Å²) < 4.78 is 0. The minimum atomic E-state index is 0. The van der Waals surface area contributed by atoms with Crippen molar-refractivity contribution >= 4 is 142 Å². The molecule has 0 aliphatic carbocycles. The Morgan fingerprint density at radius 3 is 1.08 bits per heavy atom. The van der Waals surface area contributed by atoms with Gasteiger partial charge in [-0.25, -0.2) is 0 Å². The number of rotatable bonds is 0. The van der Waals surface area contributed by atoms with Gasteiger partial charge in [-0.2, -0.15) is 0 Å². The van der Waals surface area contributed by atoms with E-state index in [0.29, 0.717) is 0 Å². The second kappa shape index (κ2) is 95.2. The van der Waals surface area contributed by atoms with Crippen molar-refractivity contribution in [3.8, 4) is 0 Å². The minimum absolute atomic E-state index is 0. The van der Waals surface area contributed by atoms with Crippen LogP contribution < -0.4 is 51.4 Å². The zero-order chi connectivity index (χ0) is 0. The average Bonchev–Trinajstić information content (AvgIpc) is 0. The molecule has 0 aromatic carbocycles. The Bertz CT molecular complexity index is 66.8. The molecule has 0 N–H and O–H groups in total. The molecule has 13 heavy (non-hydrogen) atoms. The fraction of sp³-hybridized carbons (Fsp3) is 0. The molecule has 13 heteroatoms. The van der Waals surface area contributed by atoms with Crippen LogP contribution in [0.15, 0.2) is 0 Å². The zero-order valence-electron chi connectivity index (χ0n) is 14.4. The van der Waals surface area contributed by atoms with Gasteiger partial charge in [-0.15, -0.1) is 0 Å². The molecular formula is H8AgAlAsBaBeCdCoFeHgKMgPdSb. The molecule has 0 bridgehead atoms. The molecule has 0 atom stereocenters. The van der Waals surface area contributed by atoms with Crippen molar-refractivity contribution in [3.05, 3.63) is 0 Å². The summed E-state index contributed by atoms with van der Waals surface area (Å²) >= 11 is 0. The molecule has 0 aliphatic heterocycles. The quantitative estimate of drug-likeness (QED) is 0.214. The standard InChI is InChI=1S/Ag.Al.As.Ba.Be.Cd.Co.Fe.Hg.K.Mg.Pd.Sb.8H/q;;;2*+2;;;;;+1;+2;;;;7*-1. The molecule has 10 radical (unpaired) electrons. The predicted octanol–water partition coefficient (Wildman–Crippen LogP) is -4.78. The van der Waals surface area contributed by atoms with E-state index in [1.165, 1.54) is 0 Å². The van der Waals surface area contributed by atoms with Gasteiger partial charge in [0.05, 0.1) is 0 Å². The van der Waals surface area contributed by atoms with Crippen LogP contribution in [0.2, 0.25) is 0 Å². The fourth-order valence-electron chi connectivity index (χ4n) is 0. The molecule has 0 heterocycles. The molecule has 0 rings (SSSR count). The Labute approximate surface area is 325 Å². The molecular weight excluding hydrogens is 1080 g/mol. The van der Waals surface area contributed by atoms with Crippen LogP contribution in [0.1, 0.15) is 9.99 Å². The van der Waals surface area contributed by atoms with E-state index >= 15 is 0 Å². The van der Waals surface area contributed by atoms with Crippen molar-refractivity contribution in [2.75, 3.05) is 0 Å². The van der Waals surface area contributed by atoms with Gasteiger partial charge in [-0.05, 0) is 0 Å². The van der Waals surface area contributed by atoms with E-state index in [-0.39, 0.29) is 335 Å². The summed E-state index contributed by atoms with van der Waals surface area (Å²) in [5, 5.41) is 0. The first-order valence-corrected chi connectivity index (χ1v) is 0. The third-order valence-corrected chi connectivity index (χ3v) is 0. The van der Waals surface area contributed by atoms with Crippen LogP contribution >= 0.6 is 0 Å². The third kappa shape index (κ3) is 86.5. The molecule has 0 spiro atoms. The van der Waals surface area contributed by atoms with E-state index in [2.05, 4.69) is 0 Å². The van der Waals surface area contributed by atoms with Gasteiger partial charge in [0, 0.05) is 167 Å². The molecule has 0 unspecified atom stereocenters. The molecule has 0 aliphatic rings.